The Balaban J connectivity index is 2.29. The van der Waals surface area contributed by atoms with Gasteiger partial charge >= 0.3 is 0 Å². The van der Waals surface area contributed by atoms with Gasteiger partial charge in [-0.1, -0.05) is 50.1 Å². The summed E-state index contributed by atoms with van der Waals surface area (Å²) in [6, 6.07) is 0. The zero-order valence-corrected chi connectivity index (χ0v) is 13.5. The van der Waals surface area contributed by atoms with E-state index in [2.05, 4.69) is 37.3 Å². The molecule has 21 heavy (non-hydrogen) atoms. The van der Waals surface area contributed by atoms with Crippen LogP contribution in [0.15, 0.2) is 36.5 Å². The van der Waals surface area contributed by atoms with Gasteiger partial charge < -0.3 is 5.73 Å². The standard InChI is InChI=1S/C19H31NO/c1-2-3-4-5-6-9-12-17-14-15-19(21)18(17)13-10-7-8-11-16-20/h6-7,9-10,14-15,17-18H,2-5,8,11-13,16,20H2,1H3/b9-6-,10-7-/t17-,18+/m1/s1. The van der Waals surface area contributed by atoms with E-state index in [1.165, 1.54) is 25.7 Å². The van der Waals surface area contributed by atoms with E-state index < -0.39 is 0 Å². The first-order valence-electron chi connectivity index (χ1n) is 8.51. The number of rotatable bonds is 11. The lowest BCUT2D eigenvalue weighted by molar-refractivity contribution is -0.118. The molecule has 2 nitrogen and oxygen atoms in total. The number of ketones is 1. The third-order valence-electron chi connectivity index (χ3n) is 4.07. The highest BCUT2D eigenvalue weighted by molar-refractivity contribution is 5.94. The normalized spacial score (nSPS) is 22.1. The topological polar surface area (TPSA) is 43.1 Å². The van der Waals surface area contributed by atoms with Crippen molar-refractivity contribution in [3.05, 3.63) is 36.5 Å². The fourth-order valence-electron chi connectivity index (χ4n) is 2.70. The van der Waals surface area contributed by atoms with Gasteiger partial charge in [0.1, 0.15) is 0 Å². The monoisotopic (exact) mass is 289 g/mol. The Morgan fingerprint density at radius 3 is 2.48 bits per heavy atom. The van der Waals surface area contributed by atoms with Crippen LogP contribution in [0.3, 0.4) is 0 Å². The quantitative estimate of drug-likeness (QED) is 0.447. The third kappa shape index (κ3) is 7.42. The van der Waals surface area contributed by atoms with Crippen LogP contribution in [0.1, 0.15) is 58.3 Å². The summed E-state index contributed by atoms with van der Waals surface area (Å²) in [7, 11) is 0. The number of hydrogen-bond donors (Lipinski definition) is 1. The van der Waals surface area contributed by atoms with Crippen LogP contribution in [0, 0.1) is 11.8 Å². The van der Waals surface area contributed by atoms with Crippen LogP contribution < -0.4 is 5.73 Å². The van der Waals surface area contributed by atoms with Crippen LogP contribution in [0.5, 0.6) is 0 Å². The van der Waals surface area contributed by atoms with Crippen molar-refractivity contribution in [2.75, 3.05) is 6.54 Å². The molecule has 0 saturated heterocycles. The fourth-order valence-corrected chi connectivity index (χ4v) is 2.70. The molecule has 0 aromatic heterocycles. The Kier molecular flexibility index (Phi) is 9.81. The highest BCUT2D eigenvalue weighted by atomic mass is 16.1. The average Bonchev–Trinajstić information content (AvgIpc) is 2.83. The van der Waals surface area contributed by atoms with Gasteiger partial charge in [-0.15, -0.1) is 0 Å². The minimum Gasteiger partial charge on any atom is -0.330 e. The summed E-state index contributed by atoms with van der Waals surface area (Å²) in [6.07, 6.45) is 21.7. The Morgan fingerprint density at radius 1 is 1.05 bits per heavy atom. The van der Waals surface area contributed by atoms with Gasteiger partial charge in [-0.05, 0) is 57.1 Å². The van der Waals surface area contributed by atoms with E-state index >= 15 is 0 Å². The molecule has 0 aromatic rings. The van der Waals surface area contributed by atoms with Crippen molar-refractivity contribution in [3.8, 4) is 0 Å². The van der Waals surface area contributed by atoms with Gasteiger partial charge in [0.2, 0.25) is 0 Å². The largest absolute Gasteiger partial charge is 0.330 e. The zero-order chi connectivity index (χ0) is 15.3. The summed E-state index contributed by atoms with van der Waals surface area (Å²) < 4.78 is 0. The second kappa shape index (κ2) is 11.5. The first kappa shape index (κ1) is 17.9. The van der Waals surface area contributed by atoms with E-state index in [4.69, 9.17) is 5.73 Å². The Morgan fingerprint density at radius 2 is 1.76 bits per heavy atom. The third-order valence-corrected chi connectivity index (χ3v) is 4.07. The fraction of sp³-hybridized carbons (Fsp3) is 0.632. The molecular weight excluding hydrogens is 258 g/mol. The SMILES string of the molecule is CCCCC/C=C\C[C@@H]1C=CC(=O)[C@H]1C/C=C\CCCN. The maximum atomic E-state index is 11.9. The molecule has 0 heterocycles. The minimum absolute atomic E-state index is 0.152. The summed E-state index contributed by atoms with van der Waals surface area (Å²) in [4.78, 5) is 11.9. The average molecular weight is 289 g/mol. The molecule has 1 aliphatic carbocycles. The lowest BCUT2D eigenvalue weighted by Crippen LogP contribution is -2.14. The molecule has 2 N–H and O–H groups in total. The zero-order valence-electron chi connectivity index (χ0n) is 13.5. The van der Waals surface area contributed by atoms with Gasteiger partial charge in [0, 0.05) is 5.92 Å². The summed E-state index contributed by atoms with van der Waals surface area (Å²) in [6.45, 7) is 2.96. The van der Waals surface area contributed by atoms with E-state index in [1.54, 1.807) is 6.08 Å². The maximum Gasteiger partial charge on any atom is 0.159 e. The van der Waals surface area contributed by atoms with Crippen molar-refractivity contribution in [1.82, 2.24) is 0 Å². The van der Waals surface area contributed by atoms with Crippen LogP contribution in [-0.2, 0) is 4.79 Å². The van der Waals surface area contributed by atoms with Crippen LogP contribution in [0.2, 0.25) is 0 Å². The summed E-state index contributed by atoms with van der Waals surface area (Å²) in [5, 5.41) is 0. The first-order valence-corrected chi connectivity index (χ1v) is 8.51. The van der Waals surface area contributed by atoms with Gasteiger partial charge in [0.05, 0.1) is 0 Å². The molecule has 0 bridgehead atoms. The summed E-state index contributed by atoms with van der Waals surface area (Å²) in [5.74, 6) is 0.835. The summed E-state index contributed by atoms with van der Waals surface area (Å²) in [5.41, 5.74) is 5.47. The minimum atomic E-state index is 0.152. The highest BCUT2D eigenvalue weighted by Gasteiger charge is 2.27. The number of hydrogen-bond acceptors (Lipinski definition) is 2. The lowest BCUT2D eigenvalue weighted by atomic mass is 9.88. The number of allylic oxidation sites excluding steroid dienone is 6. The smallest absolute Gasteiger partial charge is 0.159 e. The van der Waals surface area contributed by atoms with Crippen molar-refractivity contribution in [2.24, 2.45) is 17.6 Å². The van der Waals surface area contributed by atoms with Crippen molar-refractivity contribution in [1.29, 1.82) is 0 Å². The van der Waals surface area contributed by atoms with Crippen LogP contribution in [-0.4, -0.2) is 12.3 Å². The number of carbonyl (C=O) groups is 1. The van der Waals surface area contributed by atoms with Crippen molar-refractivity contribution < 1.29 is 4.79 Å². The van der Waals surface area contributed by atoms with Crippen LogP contribution in [0.25, 0.3) is 0 Å². The predicted octanol–water partition coefficient (Wildman–Crippen LogP) is 4.57. The molecule has 0 aliphatic heterocycles. The molecule has 0 amide bonds. The molecule has 0 aromatic carbocycles. The lowest BCUT2D eigenvalue weighted by Gasteiger charge is -2.14. The molecule has 0 radical (unpaired) electrons. The van der Waals surface area contributed by atoms with Gasteiger partial charge in [0.15, 0.2) is 5.78 Å². The van der Waals surface area contributed by atoms with Crippen molar-refractivity contribution in [2.45, 2.75) is 58.3 Å². The van der Waals surface area contributed by atoms with Crippen LogP contribution in [0.4, 0.5) is 0 Å². The predicted molar refractivity (Wildman–Crippen MR) is 91.1 cm³/mol. The van der Waals surface area contributed by atoms with Crippen LogP contribution >= 0.6 is 0 Å². The molecule has 2 atom stereocenters. The molecule has 0 unspecified atom stereocenters. The second-order valence-corrected chi connectivity index (χ2v) is 5.87. The van der Waals surface area contributed by atoms with Gasteiger partial charge in [-0.2, -0.15) is 0 Å². The Labute approximate surface area is 130 Å². The Bertz CT molecular complexity index is 368. The van der Waals surface area contributed by atoms with Gasteiger partial charge in [0.25, 0.3) is 0 Å². The van der Waals surface area contributed by atoms with Gasteiger partial charge in [-0.25, -0.2) is 0 Å². The molecule has 1 aliphatic rings. The molecule has 0 fully saturated rings. The summed E-state index contributed by atoms with van der Waals surface area (Å²) >= 11 is 0. The second-order valence-electron chi connectivity index (χ2n) is 5.87. The van der Waals surface area contributed by atoms with E-state index in [0.717, 1.165) is 32.2 Å². The van der Waals surface area contributed by atoms with E-state index in [1.807, 2.05) is 0 Å². The molecule has 118 valence electrons. The van der Waals surface area contributed by atoms with E-state index in [9.17, 15) is 4.79 Å². The maximum absolute atomic E-state index is 11.9. The number of unbranched alkanes of at least 4 members (excludes halogenated alkanes) is 4. The first-order chi connectivity index (χ1) is 10.3. The molecule has 0 saturated carbocycles. The number of nitrogens with two attached hydrogens (primary N) is 1. The van der Waals surface area contributed by atoms with E-state index in [-0.39, 0.29) is 5.92 Å². The van der Waals surface area contributed by atoms with E-state index in [0.29, 0.717) is 11.7 Å². The van der Waals surface area contributed by atoms with Gasteiger partial charge in [-0.3, -0.25) is 4.79 Å². The number of carbonyl (C=O) groups excluding carboxylic acids is 1. The van der Waals surface area contributed by atoms with Crippen molar-refractivity contribution in [3.63, 3.8) is 0 Å². The Hall–Kier alpha value is -1.15. The van der Waals surface area contributed by atoms with Crippen molar-refractivity contribution >= 4 is 5.78 Å². The molecular formula is C19H31NO. The highest BCUT2D eigenvalue weighted by Crippen LogP contribution is 2.29. The molecule has 1 rings (SSSR count). The molecule has 0 spiro atoms. The molecule has 2 heteroatoms.